The van der Waals surface area contributed by atoms with Gasteiger partial charge in [-0.15, -0.1) is 0 Å². The molecule has 0 heterocycles. The van der Waals surface area contributed by atoms with Crippen LogP contribution in [0, 0.1) is 5.92 Å². The summed E-state index contributed by atoms with van der Waals surface area (Å²) in [6, 6.07) is 5.18. The van der Waals surface area contributed by atoms with Gasteiger partial charge in [0.2, 0.25) is 11.6 Å². The highest BCUT2D eigenvalue weighted by Gasteiger charge is 2.18. The molecule has 0 aliphatic heterocycles. The number of methoxy groups -OCH3 is 2. The number of ether oxygens (including phenoxy) is 2. The standard InChI is InChI=1S/C14H18O4/c1-9(2)14(16)13(15)7-10-5-11(17-3)8-12(6-10)18-4/h5-6,8-9H,7H2,1-4H3. The van der Waals surface area contributed by atoms with Crippen molar-refractivity contribution in [3.63, 3.8) is 0 Å². The molecule has 0 aliphatic rings. The molecule has 0 N–H and O–H groups in total. The van der Waals surface area contributed by atoms with Gasteiger partial charge in [-0.3, -0.25) is 9.59 Å². The Morgan fingerprint density at radius 2 is 1.56 bits per heavy atom. The van der Waals surface area contributed by atoms with Crippen LogP contribution in [0.3, 0.4) is 0 Å². The van der Waals surface area contributed by atoms with Gasteiger partial charge in [0.05, 0.1) is 14.2 Å². The quantitative estimate of drug-likeness (QED) is 0.725. The third-order valence-corrected chi connectivity index (χ3v) is 2.58. The molecule has 0 aliphatic carbocycles. The highest BCUT2D eigenvalue weighted by molar-refractivity contribution is 6.38. The van der Waals surface area contributed by atoms with Gasteiger partial charge >= 0.3 is 0 Å². The molecule has 1 aromatic rings. The number of carbonyl (C=O) groups is 2. The topological polar surface area (TPSA) is 52.6 Å². The van der Waals surface area contributed by atoms with Gasteiger partial charge in [-0.2, -0.15) is 0 Å². The largest absolute Gasteiger partial charge is 0.497 e. The lowest BCUT2D eigenvalue weighted by molar-refractivity contribution is -0.138. The molecule has 0 amide bonds. The van der Waals surface area contributed by atoms with Crippen molar-refractivity contribution in [1.29, 1.82) is 0 Å². The average Bonchev–Trinajstić information content (AvgIpc) is 2.36. The van der Waals surface area contributed by atoms with Gasteiger partial charge in [0.15, 0.2) is 0 Å². The molecule has 0 saturated carbocycles. The smallest absolute Gasteiger partial charge is 0.203 e. The molecule has 0 aromatic heterocycles. The molecule has 0 radical (unpaired) electrons. The molecule has 4 heteroatoms. The number of benzene rings is 1. The summed E-state index contributed by atoms with van der Waals surface area (Å²) in [5.74, 6) is 0.199. The third-order valence-electron chi connectivity index (χ3n) is 2.58. The van der Waals surface area contributed by atoms with Crippen molar-refractivity contribution >= 4 is 11.6 Å². The lowest BCUT2D eigenvalue weighted by Crippen LogP contribution is -2.21. The first-order valence-electron chi connectivity index (χ1n) is 5.77. The van der Waals surface area contributed by atoms with E-state index in [1.165, 1.54) is 0 Å². The van der Waals surface area contributed by atoms with Crippen LogP contribution in [0.1, 0.15) is 19.4 Å². The zero-order chi connectivity index (χ0) is 13.7. The SMILES string of the molecule is COc1cc(CC(=O)C(=O)C(C)C)cc(OC)c1. The van der Waals surface area contributed by atoms with Crippen molar-refractivity contribution in [2.75, 3.05) is 14.2 Å². The first kappa shape index (κ1) is 14.2. The van der Waals surface area contributed by atoms with E-state index in [0.29, 0.717) is 17.1 Å². The van der Waals surface area contributed by atoms with E-state index in [1.54, 1.807) is 46.3 Å². The molecule has 0 atom stereocenters. The highest BCUT2D eigenvalue weighted by Crippen LogP contribution is 2.23. The molecule has 98 valence electrons. The number of hydrogen-bond acceptors (Lipinski definition) is 4. The van der Waals surface area contributed by atoms with E-state index in [2.05, 4.69) is 0 Å². The Labute approximate surface area is 107 Å². The van der Waals surface area contributed by atoms with Crippen molar-refractivity contribution in [1.82, 2.24) is 0 Å². The normalized spacial score (nSPS) is 10.3. The van der Waals surface area contributed by atoms with Crippen molar-refractivity contribution in [2.45, 2.75) is 20.3 Å². The first-order chi connectivity index (χ1) is 8.47. The van der Waals surface area contributed by atoms with Crippen LogP contribution in [0.25, 0.3) is 0 Å². The second-order valence-electron chi connectivity index (χ2n) is 4.34. The van der Waals surface area contributed by atoms with Crippen molar-refractivity contribution < 1.29 is 19.1 Å². The molecular weight excluding hydrogens is 232 g/mol. The van der Waals surface area contributed by atoms with Crippen molar-refractivity contribution in [2.24, 2.45) is 5.92 Å². The van der Waals surface area contributed by atoms with Gasteiger partial charge in [0.25, 0.3) is 0 Å². The van der Waals surface area contributed by atoms with Crippen LogP contribution < -0.4 is 9.47 Å². The predicted molar refractivity (Wildman–Crippen MR) is 68.1 cm³/mol. The van der Waals surface area contributed by atoms with Crippen molar-refractivity contribution in [3.8, 4) is 11.5 Å². The Kier molecular flexibility index (Phi) is 4.89. The third kappa shape index (κ3) is 3.58. The Balaban J connectivity index is 2.90. The zero-order valence-corrected chi connectivity index (χ0v) is 11.1. The summed E-state index contributed by atoms with van der Waals surface area (Å²) >= 11 is 0. The van der Waals surface area contributed by atoms with E-state index < -0.39 is 0 Å². The van der Waals surface area contributed by atoms with E-state index in [0.717, 1.165) is 0 Å². The first-order valence-corrected chi connectivity index (χ1v) is 5.77. The van der Waals surface area contributed by atoms with Crippen LogP contribution in [-0.2, 0) is 16.0 Å². The number of ketones is 2. The molecule has 18 heavy (non-hydrogen) atoms. The maximum atomic E-state index is 11.7. The van der Waals surface area contributed by atoms with Crippen LogP contribution in [0.15, 0.2) is 18.2 Å². The molecule has 1 rings (SSSR count). The maximum Gasteiger partial charge on any atom is 0.203 e. The fourth-order valence-corrected chi connectivity index (χ4v) is 1.56. The van der Waals surface area contributed by atoms with E-state index in [4.69, 9.17) is 9.47 Å². The minimum atomic E-state index is -0.389. The number of hydrogen-bond donors (Lipinski definition) is 0. The fourth-order valence-electron chi connectivity index (χ4n) is 1.56. The molecule has 1 aromatic carbocycles. The molecule has 0 unspecified atom stereocenters. The second-order valence-corrected chi connectivity index (χ2v) is 4.34. The maximum absolute atomic E-state index is 11.7. The minimum Gasteiger partial charge on any atom is -0.497 e. The second kappa shape index (κ2) is 6.19. The van der Waals surface area contributed by atoms with Gasteiger partial charge in [-0.25, -0.2) is 0 Å². The molecule has 0 bridgehead atoms. The van der Waals surface area contributed by atoms with Gasteiger partial charge in [-0.05, 0) is 17.7 Å². The van der Waals surface area contributed by atoms with E-state index in [1.807, 2.05) is 0 Å². The van der Waals surface area contributed by atoms with Crippen LogP contribution in [0.2, 0.25) is 0 Å². The fraction of sp³-hybridized carbons (Fsp3) is 0.429. The zero-order valence-electron chi connectivity index (χ0n) is 11.1. The van der Waals surface area contributed by atoms with Crippen LogP contribution in [0.5, 0.6) is 11.5 Å². The Morgan fingerprint density at radius 3 is 1.94 bits per heavy atom. The van der Waals surface area contributed by atoms with E-state index >= 15 is 0 Å². The molecule has 0 spiro atoms. The number of rotatable bonds is 6. The summed E-state index contributed by atoms with van der Waals surface area (Å²) in [5.41, 5.74) is 0.713. The van der Waals surface area contributed by atoms with Gasteiger partial charge < -0.3 is 9.47 Å². The highest BCUT2D eigenvalue weighted by atomic mass is 16.5. The molecule has 0 fully saturated rings. The Hall–Kier alpha value is -1.84. The summed E-state index contributed by atoms with van der Waals surface area (Å²) in [5, 5.41) is 0. The Morgan fingerprint density at radius 1 is 1.06 bits per heavy atom. The van der Waals surface area contributed by atoms with Crippen molar-refractivity contribution in [3.05, 3.63) is 23.8 Å². The minimum absolute atomic E-state index is 0.0740. The summed E-state index contributed by atoms with van der Waals surface area (Å²) < 4.78 is 10.2. The Bertz CT molecular complexity index is 427. The average molecular weight is 250 g/mol. The number of Topliss-reactive ketones (excluding diaryl/α,β-unsaturated/α-hetero) is 2. The molecule has 0 saturated heterocycles. The van der Waals surface area contributed by atoms with Gasteiger partial charge in [0, 0.05) is 18.4 Å². The molecule has 4 nitrogen and oxygen atoms in total. The van der Waals surface area contributed by atoms with E-state index in [-0.39, 0.29) is 23.9 Å². The summed E-state index contributed by atoms with van der Waals surface area (Å²) in [6.07, 6.45) is 0.0740. The van der Waals surface area contributed by atoms with Gasteiger partial charge in [0.1, 0.15) is 11.5 Å². The summed E-state index contributed by atoms with van der Waals surface area (Å²) in [6.45, 7) is 3.43. The monoisotopic (exact) mass is 250 g/mol. The lowest BCUT2D eigenvalue weighted by Gasteiger charge is -2.08. The summed E-state index contributed by atoms with van der Waals surface area (Å²) in [4.78, 5) is 23.3. The van der Waals surface area contributed by atoms with Gasteiger partial charge in [-0.1, -0.05) is 13.8 Å². The molecular formula is C14H18O4. The predicted octanol–water partition coefficient (Wildman–Crippen LogP) is 2.04. The van der Waals surface area contributed by atoms with E-state index in [9.17, 15) is 9.59 Å². The number of carbonyl (C=O) groups excluding carboxylic acids is 2. The van der Waals surface area contributed by atoms with Crippen LogP contribution in [0.4, 0.5) is 0 Å². The van der Waals surface area contributed by atoms with Crippen LogP contribution in [-0.4, -0.2) is 25.8 Å². The summed E-state index contributed by atoms with van der Waals surface area (Å²) in [7, 11) is 3.08. The van der Waals surface area contributed by atoms with Crippen LogP contribution >= 0.6 is 0 Å². The lowest BCUT2D eigenvalue weighted by atomic mass is 9.99.